The molecule has 12 N–H and O–H groups in total. The minimum atomic E-state index is -5.59. The van der Waals surface area contributed by atoms with Gasteiger partial charge in [0.05, 0.1) is 26.1 Å². The summed E-state index contributed by atoms with van der Waals surface area (Å²) in [5.41, 5.74) is 4.19. The molecule has 0 radical (unpaired) electrons. The molecule has 1 aliphatic rings. The SMILES string of the molecule is CC(=O)NC(CO)C(=O)SCCNC(=O)CCNC(=O)C(O)C(C)(C)COP(=O)(O)OP(=O)(O)OCC1OC(n2cnc3c(N)ncnc32)C(O)C1OP(=O)(O)O. The van der Waals surface area contributed by atoms with Gasteiger partial charge in [-0.1, -0.05) is 25.6 Å². The zero-order valence-corrected chi connectivity index (χ0v) is 33.7. The first-order valence-electron chi connectivity index (χ1n) is 16.3. The number of carbonyl (C=O) groups excluding carboxylic acids is 4. The average Bonchev–Trinajstić information content (AvgIpc) is 3.66. The van der Waals surface area contributed by atoms with Gasteiger partial charge in [-0.15, -0.1) is 0 Å². The molecule has 57 heavy (non-hydrogen) atoms. The van der Waals surface area contributed by atoms with Gasteiger partial charge in [-0.25, -0.2) is 28.6 Å². The van der Waals surface area contributed by atoms with Crippen molar-refractivity contribution in [1.82, 2.24) is 35.5 Å². The highest BCUT2D eigenvalue weighted by atomic mass is 32.2. The molecule has 0 spiro atoms. The molecule has 3 rings (SSSR count). The van der Waals surface area contributed by atoms with E-state index in [0.29, 0.717) is 0 Å². The van der Waals surface area contributed by atoms with Gasteiger partial charge in [0.15, 0.2) is 17.7 Å². The molecule has 8 unspecified atom stereocenters. The Labute approximate surface area is 326 Å². The number of aromatic nitrogens is 4. The first-order chi connectivity index (χ1) is 26.4. The lowest BCUT2D eigenvalue weighted by Gasteiger charge is -2.30. The molecule has 0 saturated carbocycles. The number of aliphatic hydroxyl groups excluding tert-OH is 3. The van der Waals surface area contributed by atoms with Crippen molar-refractivity contribution in [3.63, 3.8) is 0 Å². The van der Waals surface area contributed by atoms with Crippen LogP contribution in [0.4, 0.5) is 5.82 Å². The maximum Gasteiger partial charge on any atom is 0.481 e. The van der Waals surface area contributed by atoms with E-state index < -0.39 is 108 Å². The molecule has 1 fully saturated rings. The van der Waals surface area contributed by atoms with Crippen LogP contribution in [0.1, 0.15) is 33.4 Å². The zero-order chi connectivity index (χ0) is 42.9. The summed E-state index contributed by atoms with van der Waals surface area (Å²) in [6, 6.07) is -1.10. The van der Waals surface area contributed by atoms with E-state index in [4.69, 9.17) is 19.5 Å². The van der Waals surface area contributed by atoms with E-state index >= 15 is 0 Å². The monoisotopic (exact) mass is 896 g/mol. The Bertz CT molecular complexity index is 1900. The fourth-order valence-corrected chi connectivity index (χ4v) is 8.38. The number of thioether (sulfide) groups is 1. The van der Waals surface area contributed by atoms with Gasteiger partial charge in [-0.05, 0) is 0 Å². The fraction of sp³-hybridized carbons (Fsp3) is 0.654. The minimum absolute atomic E-state index is 0.0179. The van der Waals surface area contributed by atoms with Crippen molar-refractivity contribution in [2.75, 3.05) is 44.4 Å². The summed E-state index contributed by atoms with van der Waals surface area (Å²) in [5.74, 6) is -2.01. The average molecular weight is 897 g/mol. The van der Waals surface area contributed by atoms with Crippen LogP contribution < -0.4 is 21.7 Å². The van der Waals surface area contributed by atoms with E-state index in [9.17, 15) is 67.8 Å². The predicted molar refractivity (Wildman–Crippen MR) is 192 cm³/mol. The molecule has 2 aromatic rings. The van der Waals surface area contributed by atoms with Gasteiger partial charge in [0.1, 0.15) is 42.3 Å². The highest BCUT2D eigenvalue weighted by Gasteiger charge is 2.50. The number of nitrogen functional groups attached to an aromatic ring is 1. The first kappa shape index (κ1) is 48.4. The number of ether oxygens (including phenoxy) is 1. The van der Waals surface area contributed by atoms with Crippen molar-refractivity contribution < 1.29 is 90.4 Å². The molecule has 0 aliphatic carbocycles. The van der Waals surface area contributed by atoms with Gasteiger partial charge in [-0.3, -0.25) is 37.3 Å². The number of anilines is 1. The van der Waals surface area contributed by atoms with Crippen molar-refractivity contribution in [2.45, 2.75) is 63.9 Å². The number of phosphoric acid groups is 3. The predicted octanol–water partition coefficient (Wildman–Crippen LogP) is -2.84. The Morgan fingerprint density at radius 2 is 1.72 bits per heavy atom. The molecule has 8 atom stereocenters. The Morgan fingerprint density at radius 3 is 2.35 bits per heavy atom. The number of hydrogen-bond donors (Lipinski definition) is 11. The molecule has 0 bridgehead atoms. The lowest BCUT2D eigenvalue weighted by atomic mass is 9.87. The second-order valence-corrected chi connectivity index (χ2v) is 18.0. The van der Waals surface area contributed by atoms with E-state index in [1.165, 1.54) is 20.8 Å². The third kappa shape index (κ3) is 14.6. The van der Waals surface area contributed by atoms with Crippen molar-refractivity contribution in [2.24, 2.45) is 5.41 Å². The van der Waals surface area contributed by atoms with E-state index in [-0.39, 0.29) is 42.2 Å². The van der Waals surface area contributed by atoms with E-state index in [1.807, 2.05) is 0 Å². The van der Waals surface area contributed by atoms with Crippen LogP contribution in [-0.2, 0) is 55.5 Å². The molecular weight excluding hydrogens is 853 g/mol. The molecule has 1 saturated heterocycles. The number of imidazole rings is 1. The van der Waals surface area contributed by atoms with E-state index in [2.05, 4.69) is 39.7 Å². The summed E-state index contributed by atoms with van der Waals surface area (Å²) >= 11 is 0.770. The topological polar surface area (TPSA) is 413 Å². The number of nitrogens with zero attached hydrogens (tertiary/aromatic N) is 4. The highest BCUT2D eigenvalue weighted by Crippen LogP contribution is 2.61. The number of aliphatic hydroxyl groups is 3. The first-order valence-corrected chi connectivity index (χ1v) is 21.8. The molecule has 3 amide bonds. The summed E-state index contributed by atoms with van der Waals surface area (Å²) in [4.78, 5) is 98.6. The number of amides is 3. The van der Waals surface area contributed by atoms with E-state index in [0.717, 1.165) is 29.0 Å². The van der Waals surface area contributed by atoms with Crippen molar-refractivity contribution in [1.29, 1.82) is 0 Å². The van der Waals surface area contributed by atoms with Gasteiger partial charge < -0.3 is 61.3 Å². The number of rotatable bonds is 22. The Morgan fingerprint density at radius 1 is 1.05 bits per heavy atom. The Balaban J connectivity index is 1.48. The Hall–Kier alpha value is -3.01. The van der Waals surface area contributed by atoms with E-state index in [1.54, 1.807) is 0 Å². The zero-order valence-electron chi connectivity index (χ0n) is 30.2. The van der Waals surface area contributed by atoms with Crippen LogP contribution in [0.5, 0.6) is 0 Å². The minimum Gasteiger partial charge on any atom is -0.394 e. The van der Waals surface area contributed by atoms with Crippen LogP contribution in [0, 0.1) is 5.41 Å². The number of fused-ring (bicyclic) bond motifs is 1. The largest absolute Gasteiger partial charge is 0.481 e. The lowest BCUT2D eigenvalue weighted by Crippen LogP contribution is -2.46. The smallest absolute Gasteiger partial charge is 0.394 e. The van der Waals surface area contributed by atoms with Crippen LogP contribution in [0.25, 0.3) is 11.2 Å². The fourth-order valence-electron chi connectivity index (χ4n) is 4.81. The second kappa shape index (κ2) is 20.3. The number of nitrogens with one attached hydrogen (secondary N) is 3. The summed E-state index contributed by atoms with van der Waals surface area (Å²) in [6.45, 7) is 0.707. The number of nitrogens with two attached hydrogens (primary N) is 1. The lowest BCUT2D eigenvalue weighted by molar-refractivity contribution is -0.137. The molecule has 0 aromatic carbocycles. The quantitative estimate of drug-likeness (QED) is 0.0419. The van der Waals surface area contributed by atoms with Gasteiger partial charge in [-0.2, -0.15) is 4.31 Å². The molecule has 3 heterocycles. The van der Waals surface area contributed by atoms with Gasteiger partial charge >= 0.3 is 23.5 Å². The molecular formula is C26H43N8O19P3S. The van der Waals surface area contributed by atoms with Gasteiger partial charge in [0, 0.05) is 37.6 Å². The van der Waals surface area contributed by atoms with Crippen LogP contribution in [0.3, 0.4) is 0 Å². The summed E-state index contributed by atoms with van der Waals surface area (Å²) < 4.78 is 62.0. The molecule has 2 aromatic heterocycles. The Kier molecular flexibility index (Phi) is 17.2. The maximum atomic E-state index is 12.7. The van der Waals surface area contributed by atoms with Crippen LogP contribution in [0.2, 0.25) is 0 Å². The normalized spacial score (nSPS) is 21.9. The summed E-state index contributed by atoms with van der Waals surface area (Å²) in [6.07, 6.45) is -7.13. The van der Waals surface area contributed by atoms with Gasteiger partial charge in [0.25, 0.3) is 0 Å². The van der Waals surface area contributed by atoms with Crippen LogP contribution >= 0.6 is 35.2 Å². The summed E-state index contributed by atoms with van der Waals surface area (Å²) in [7, 11) is -16.5. The molecule has 1 aliphatic heterocycles. The highest BCUT2D eigenvalue weighted by molar-refractivity contribution is 8.13. The molecule has 27 nitrogen and oxygen atoms in total. The van der Waals surface area contributed by atoms with Crippen molar-refractivity contribution in [3.05, 3.63) is 12.7 Å². The number of phosphoric ester groups is 3. The number of hydrogen-bond acceptors (Lipinski definition) is 20. The summed E-state index contributed by atoms with van der Waals surface area (Å²) in [5, 5.41) is 37.1. The standard InChI is InChI=1S/C26H43N8O19P3S/c1-13(36)33-14(8-35)25(41)57-7-6-28-16(37)4-5-29-23(40)20(39)26(2,3)10-50-56(47,48)53-55(45,46)49-9-15-19(52-54(42,43)44)18(38)24(51-15)34-12-32-17-21(27)30-11-31-22(17)34/h11-12,14-15,18-20,24,35,38-39H,4-10H2,1-3H3,(H,28,37)(H,29,40)(H,33,36)(H,45,46)(H,47,48)(H2,27,30,31)(H2,42,43,44). The maximum absolute atomic E-state index is 12.7. The third-order valence-electron chi connectivity index (χ3n) is 7.59. The van der Waals surface area contributed by atoms with Crippen LogP contribution in [-0.4, -0.2) is 146 Å². The van der Waals surface area contributed by atoms with Crippen LogP contribution in [0.15, 0.2) is 12.7 Å². The third-order valence-corrected chi connectivity index (χ3v) is 11.7. The molecule has 322 valence electrons. The van der Waals surface area contributed by atoms with Gasteiger partial charge in [0.2, 0.25) is 22.8 Å². The van der Waals surface area contributed by atoms with Crippen molar-refractivity contribution >= 4 is 75.0 Å². The second-order valence-electron chi connectivity index (χ2n) is 12.7. The van der Waals surface area contributed by atoms with Crippen molar-refractivity contribution in [3.8, 4) is 0 Å². The molecule has 31 heteroatoms. The number of carbonyl (C=O) groups is 4.